The van der Waals surface area contributed by atoms with Crippen molar-refractivity contribution in [2.45, 2.75) is 5.25 Å². The van der Waals surface area contributed by atoms with Crippen LogP contribution in [0.5, 0.6) is 0 Å². The van der Waals surface area contributed by atoms with E-state index >= 15 is 0 Å². The molecule has 0 heterocycles. The van der Waals surface area contributed by atoms with E-state index in [4.69, 9.17) is 5.26 Å². The van der Waals surface area contributed by atoms with Gasteiger partial charge in [-0.05, 0) is 17.3 Å². The third kappa shape index (κ3) is 2.11. The van der Waals surface area contributed by atoms with Crippen LogP contribution in [0, 0.1) is 10.7 Å². The minimum Gasteiger partial charge on any atom is -0.302 e. The Morgan fingerprint density at radius 2 is 2.08 bits per heavy atom. The van der Waals surface area contributed by atoms with Crippen molar-refractivity contribution in [2.24, 2.45) is 0 Å². The molecular formula is C9H7NOS. The molecule has 0 saturated heterocycles. The van der Waals surface area contributed by atoms with Gasteiger partial charge in [-0.3, -0.25) is 0 Å². The summed E-state index contributed by atoms with van der Waals surface area (Å²) in [4.78, 5) is 10.5. The molecule has 1 aromatic rings. The second-order valence-corrected chi connectivity index (χ2v) is 3.10. The molecule has 60 valence electrons. The average molecular weight is 177 g/mol. The highest BCUT2D eigenvalue weighted by molar-refractivity contribution is 8.04. The van der Waals surface area contributed by atoms with Crippen LogP contribution in [0.3, 0.4) is 0 Å². The molecule has 3 heteroatoms. The first-order valence-electron chi connectivity index (χ1n) is 3.43. The van der Waals surface area contributed by atoms with Crippen LogP contribution in [0.4, 0.5) is 0 Å². The number of hydrogen-bond acceptors (Lipinski definition) is 3. The van der Waals surface area contributed by atoms with Gasteiger partial charge in [-0.25, -0.2) is 0 Å². The first kappa shape index (κ1) is 8.82. The van der Waals surface area contributed by atoms with Crippen molar-refractivity contribution in [2.75, 3.05) is 0 Å². The summed E-state index contributed by atoms with van der Waals surface area (Å²) in [6.07, 6.45) is 0.781. The number of nitriles is 1. The molecule has 0 bridgehead atoms. The van der Waals surface area contributed by atoms with Gasteiger partial charge in [0.2, 0.25) is 0 Å². The fraction of sp³-hybridized carbons (Fsp3) is 0.111. The topological polar surface area (TPSA) is 40.9 Å². The van der Waals surface area contributed by atoms with Gasteiger partial charge in [-0.1, -0.05) is 30.3 Å². The normalized spacial score (nSPS) is 11.6. The zero-order chi connectivity index (χ0) is 8.81. The molecule has 2 nitrogen and oxygen atoms in total. The lowest BCUT2D eigenvalue weighted by Gasteiger charge is -2.03. The van der Waals surface area contributed by atoms with Crippen molar-refractivity contribution in [3.8, 4) is 5.40 Å². The van der Waals surface area contributed by atoms with Gasteiger partial charge >= 0.3 is 0 Å². The molecule has 0 spiro atoms. The van der Waals surface area contributed by atoms with Crippen LogP contribution in [0.1, 0.15) is 10.8 Å². The summed E-state index contributed by atoms with van der Waals surface area (Å²) in [6, 6.07) is 9.25. The molecule has 0 aromatic heterocycles. The number of benzene rings is 1. The predicted octanol–water partition coefficient (Wildman–Crippen LogP) is 2.14. The monoisotopic (exact) mass is 177 g/mol. The Labute approximate surface area is 75.2 Å². The van der Waals surface area contributed by atoms with Gasteiger partial charge in [-0.15, -0.1) is 0 Å². The molecule has 0 aliphatic carbocycles. The summed E-state index contributed by atoms with van der Waals surface area (Å²) in [6.45, 7) is 0. The van der Waals surface area contributed by atoms with E-state index in [-0.39, 0.29) is 5.25 Å². The van der Waals surface area contributed by atoms with Gasteiger partial charge in [0.15, 0.2) is 0 Å². The van der Waals surface area contributed by atoms with E-state index in [9.17, 15) is 4.79 Å². The van der Waals surface area contributed by atoms with E-state index in [1.54, 1.807) is 0 Å². The Kier molecular flexibility index (Phi) is 3.36. The number of rotatable bonds is 3. The van der Waals surface area contributed by atoms with Crippen molar-refractivity contribution >= 4 is 18.0 Å². The van der Waals surface area contributed by atoms with Crippen molar-refractivity contribution < 1.29 is 4.79 Å². The quantitative estimate of drug-likeness (QED) is 0.524. The van der Waals surface area contributed by atoms with Crippen molar-refractivity contribution in [1.82, 2.24) is 0 Å². The zero-order valence-electron chi connectivity index (χ0n) is 6.31. The predicted molar refractivity (Wildman–Crippen MR) is 48.5 cm³/mol. The molecule has 0 amide bonds. The number of hydrogen-bond donors (Lipinski definition) is 0. The Morgan fingerprint density at radius 3 is 2.58 bits per heavy atom. The number of carbonyl (C=O) groups excluding carboxylic acids is 1. The molecule has 1 rings (SSSR count). The van der Waals surface area contributed by atoms with E-state index in [2.05, 4.69) is 0 Å². The molecule has 1 aromatic carbocycles. The zero-order valence-corrected chi connectivity index (χ0v) is 7.12. The highest BCUT2D eigenvalue weighted by Crippen LogP contribution is 2.24. The van der Waals surface area contributed by atoms with Crippen LogP contribution in [-0.4, -0.2) is 6.29 Å². The standard InChI is InChI=1S/C9H7NOS/c10-7-12-9(6-11)8-4-2-1-3-5-8/h1-6,9H. The second-order valence-electron chi connectivity index (χ2n) is 2.18. The SMILES string of the molecule is N#CSC(C=O)c1ccccc1. The smallest absolute Gasteiger partial charge is 0.138 e. The molecule has 1 atom stereocenters. The number of thiocyanates is 1. The average Bonchev–Trinajstić information content (AvgIpc) is 2.15. The van der Waals surface area contributed by atoms with Gasteiger partial charge in [0.05, 0.1) is 5.25 Å². The Bertz CT molecular complexity index is 291. The number of carbonyl (C=O) groups is 1. The summed E-state index contributed by atoms with van der Waals surface area (Å²) in [5, 5.41) is 9.94. The largest absolute Gasteiger partial charge is 0.302 e. The van der Waals surface area contributed by atoms with Crippen LogP contribution in [-0.2, 0) is 4.79 Å². The lowest BCUT2D eigenvalue weighted by molar-refractivity contribution is -0.107. The molecular weight excluding hydrogens is 170 g/mol. The van der Waals surface area contributed by atoms with Gasteiger partial charge in [0.25, 0.3) is 0 Å². The molecule has 0 aliphatic rings. The summed E-state index contributed by atoms with van der Waals surface area (Å²) in [5.41, 5.74) is 0.874. The second kappa shape index (κ2) is 4.58. The number of nitrogens with zero attached hydrogens (tertiary/aromatic N) is 1. The first-order valence-corrected chi connectivity index (χ1v) is 4.31. The van der Waals surface area contributed by atoms with Crippen molar-refractivity contribution in [3.05, 3.63) is 35.9 Å². The molecule has 0 radical (unpaired) electrons. The molecule has 0 saturated carbocycles. The lowest BCUT2D eigenvalue weighted by atomic mass is 10.2. The minimum absolute atomic E-state index is 0.351. The van der Waals surface area contributed by atoms with E-state index in [0.29, 0.717) is 0 Å². The highest BCUT2D eigenvalue weighted by atomic mass is 32.2. The molecule has 0 fully saturated rings. The fourth-order valence-corrected chi connectivity index (χ4v) is 1.34. The summed E-state index contributed by atoms with van der Waals surface area (Å²) < 4.78 is 0. The molecule has 12 heavy (non-hydrogen) atoms. The third-order valence-electron chi connectivity index (χ3n) is 1.43. The maximum atomic E-state index is 10.5. The van der Waals surface area contributed by atoms with Crippen LogP contribution in [0.2, 0.25) is 0 Å². The highest BCUT2D eigenvalue weighted by Gasteiger charge is 2.08. The van der Waals surface area contributed by atoms with Crippen LogP contribution in [0.25, 0.3) is 0 Å². The first-order chi connectivity index (χ1) is 5.88. The van der Waals surface area contributed by atoms with Gasteiger partial charge in [0.1, 0.15) is 11.7 Å². The molecule has 0 aliphatic heterocycles. The Balaban J connectivity index is 2.81. The van der Waals surface area contributed by atoms with Crippen molar-refractivity contribution in [1.29, 1.82) is 5.26 Å². The van der Waals surface area contributed by atoms with Crippen molar-refractivity contribution in [3.63, 3.8) is 0 Å². The van der Waals surface area contributed by atoms with Gasteiger partial charge in [-0.2, -0.15) is 5.26 Å². The molecule has 1 unspecified atom stereocenters. The molecule has 0 N–H and O–H groups in total. The fourth-order valence-electron chi connectivity index (χ4n) is 0.874. The van der Waals surface area contributed by atoms with Gasteiger partial charge in [0, 0.05) is 0 Å². The lowest BCUT2D eigenvalue weighted by Crippen LogP contribution is -1.92. The van der Waals surface area contributed by atoms with E-state index in [0.717, 1.165) is 23.6 Å². The Morgan fingerprint density at radius 1 is 1.42 bits per heavy atom. The summed E-state index contributed by atoms with van der Waals surface area (Å²) in [5.74, 6) is 0. The van der Waals surface area contributed by atoms with E-state index in [1.807, 2.05) is 35.7 Å². The van der Waals surface area contributed by atoms with Gasteiger partial charge < -0.3 is 4.79 Å². The maximum absolute atomic E-state index is 10.5. The van der Waals surface area contributed by atoms with E-state index in [1.165, 1.54) is 0 Å². The summed E-state index contributed by atoms with van der Waals surface area (Å²) >= 11 is 0.967. The third-order valence-corrected chi connectivity index (χ3v) is 2.17. The maximum Gasteiger partial charge on any atom is 0.138 e. The van der Waals surface area contributed by atoms with E-state index < -0.39 is 0 Å². The summed E-state index contributed by atoms with van der Waals surface area (Å²) in [7, 11) is 0. The van der Waals surface area contributed by atoms with Crippen LogP contribution in [0.15, 0.2) is 30.3 Å². The number of aldehydes is 1. The minimum atomic E-state index is -0.351. The number of thioether (sulfide) groups is 1. The van der Waals surface area contributed by atoms with Crippen LogP contribution >= 0.6 is 11.8 Å². The Hall–Kier alpha value is -1.27. The van der Waals surface area contributed by atoms with Crippen LogP contribution < -0.4 is 0 Å².